The van der Waals surface area contributed by atoms with Crippen molar-refractivity contribution >= 4 is 39.1 Å². The molecule has 0 aliphatic rings. The van der Waals surface area contributed by atoms with Crippen LogP contribution in [0.3, 0.4) is 0 Å². The smallest absolute Gasteiger partial charge is 0.195 e. The van der Waals surface area contributed by atoms with Gasteiger partial charge in [-0.1, -0.05) is 54.1 Å². The number of aliphatic hydroxyl groups excluding tert-OH is 1. The Hall–Kier alpha value is -2.62. The number of carbonyl (C=O) groups is 1. The van der Waals surface area contributed by atoms with Crippen LogP contribution in [0.25, 0.3) is 21.7 Å². The lowest BCUT2D eigenvalue weighted by Gasteiger charge is -2.07. The third kappa shape index (κ3) is 3.44. The molecule has 0 bridgehead atoms. The molecule has 0 radical (unpaired) electrons. The summed E-state index contributed by atoms with van der Waals surface area (Å²) in [6.07, 6.45) is 4.71. The molecule has 0 amide bonds. The number of benzene rings is 3. The second-order valence-corrected chi connectivity index (χ2v) is 7.41. The van der Waals surface area contributed by atoms with Gasteiger partial charge in [0.2, 0.25) is 0 Å². The van der Waals surface area contributed by atoms with Crippen LogP contribution in [0.1, 0.15) is 35.2 Å². The van der Waals surface area contributed by atoms with E-state index in [1.807, 2.05) is 54.7 Å². The Morgan fingerprint density at radius 3 is 2.32 bits per heavy atom. The molecular weight excluding hydrogens is 370 g/mol. The Morgan fingerprint density at radius 2 is 1.54 bits per heavy atom. The number of hydrogen-bond acceptors (Lipinski definition) is 2. The molecule has 142 valence electrons. The molecule has 4 heteroatoms. The van der Waals surface area contributed by atoms with E-state index < -0.39 is 0 Å². The summed E-state index contributed by atoms with van der Waals surface area (Å²) in [5.74, 6) is 0.0122. The van der Waals surface area contributed by atoms with E-state index in [2.05, 4.69) is 10.6 Å². The van der Waals surface area contributed by atoms with E-state index in [9.17, 15) is 4.79 Å². The average molecular weight is 392 g/mol. The quantitative estimate of drug-likeness (QED) is 0.317. The summed E-state index contributed by atoms with van der Waals surface area (Å²) >= 11 is 6.33. The lowest BCUT2D eigenvalue weighted by Crippen LogP contribution is -2.02. The van der Waals surface area contributed by atoms with E-state index in [4.69, 9.17) is 16.7 Å². The van der Waals surface area contributed by atoms with Gasteiger partial charge in [0, 0.05) is 51.8 Å². The fourth-order valence-electron chi connectivity index (χ4n) is 3.79. The van der Waals surface area contributed by atoms with Crippen LogP contribution in [0.15, 0.2) is 66.9 Å². The van der Waals surface area contributed by atoms with Crippen LogP contribution >= 0.6 is 11.6 Å². The van der Waals surface area contributed by atoms with E-state index in [-0.39, 0.29) is 12.4 Å². The number of rotatable bonds is 7. The third-order valence-corrected chi connectivity index (χ3v) is 5.54. The van der Waals surface area contributed by atoms with Crippen molar-refractivity contribution in [2.45, 2.75) is 25.8 Å². The highest BCUT2D eigenvalue weighted by Crippen LogP contribution is 2.30. The predicted octanol–water partition coefficient (Wildman–Crippen LogP) is 5.84. The number of halogens is 1. The molecule has 0 unspecified atom stereocenters. The Balaban J connectivity index is 1.77. The van der Waals surface area contributed by atoms with Gasteiger partial charge < -0.3 is 9.67 Å². The fourth-order valence-corrected chi connectivity index (χ4v) is 4.02. The van der Waals surface area contributed by atoms with Crippen molar-refractivity contribution in [3.63, 3.8) is 0 Å². The van der Waals surface area contributed by atoms with Gasteiger partial charge in [0.05, 0.1) is 0 Å². The third-order valence-electron chi connectivity index (χ3n) is 5.21. The standard InChI is InChI=1S/C24H22ClNO2/c25-22-13-12-20(17-8-2-3-9-18(17)22)24(28)21-16-26(14-6-1-7-15-27)23-11-5-4-10-19(21)23/h2-5,8-13,16,27H,1,6-7,14-15H2. The summed E-state index contributed by atoms with van der Waals surface area (Å²) in [5.41, 5.74) is 2.45. The van der Waals surface area contributed by atoms with Crippen LogP contribution in [0.4, 0.5) is 0 Å². The van der Waals surface area contributed by atoms with Crippen molar-refractivity contribution < 1.29 is 9.90 Å². The normalized spacial score (nSPS) is 11.4. The highest BCUT2D eigenvalue weighted by molar-refractivity contribution is 6.36. The largest absolute Gasteiger partial charge is 0.396 e. The summed E-state index contributed by atoms with van der Waals surface area (Å²) < 4.78 is 2.15. The second-order valence-electron chi connectivity index (χ2n) is 7.01. The minimum atomic E-state index is 0.0122. The summed E-state index contributed by atoms with van der Waals surface area (Å²) in [5, 5.41) is 12.4. The maximum atomic E-state index is 13.5. The molecular formula is C24H22ClNO2. The first kappa shape index (κ1) is 18.7. The van der Waals surface area contributed by atoms with Crippen molar-refractivity contribution in [3.8, 4) is 0 Å². The highest BCUT2D eigenvalue weighted by Gasteiger charge is 2.19. The van der Waals surface area contributed by atoms with Crippen LogP contribution < -0.4 is 0 Å². The summed E-state index contributed by atoms with van der Waals surface area (Å²) in [7, 11) is 0. The fraction of sp³-hybridized carbons (Fsp3) is 0.208. The number of hydrogen-bond donors (Lipinski definition) is 1. The number of unbranched alkanes of at least 4 members (excludes halogenated alkanes) is 2. The van der Waals surface area contributed by atoms with Gasteiger partial charge in [0.1, 0.15) is 0 Å². The van der Waals surface area contributed by atoms with E-state index in [1.165, 1.54) is 0 Å². The highest BCUT2D eigenvalue weighted by atomic mass is 35.5. The zero-order valence-electron chi connectivity index (χ0n) is 15.6. The molecule has 0 spiro atoms. The zero-order valence-corrected chi connectivity index (χ0v) is 16.3. The lowest BCUT2D eigenvalue weighted by atomic mass is 9.97. The summed E-state index contributed by atoms with van der Waals surface area (Å²) in [6, 6.07) is 19.4. The number of fused-ring (bicyclic) bond motifs is 2. The summed E-state index contributed by atoms with van der Waals surface area (Å²) in [6.45, 7) is 1.05. The molecule has 0 atom stereocenters. The van der Waals surface area contributed by atoms with Crippen LogP contribution in [-0.4, -0.2) is 22.1 Å². The van der Waals surface area contributed by atoms with Gasteiger partial charge >= 0.3 is 0 Å². The minimum Gasteiger partial charge on any atom is -0.396 e. The monoisotopic (exact) mass is 391 g/mol. The molecule has 3 aromatic carbocycles. The number of carbonyl (C=O) groups excluding carboxylic acids is 1. The van der Waals surface area contributed by atoms with Crippen LogP contribution in [-0.2, 0) is 6.54 Å². The molecule has 4 aromatic rings. The molecule has 0 aliphatic heterocycles. The summed E-state index contributed by atoms with van der Waals surface area (Å²) in [4.78, 5) is 13.5. The van der Waals surface area contributed by atoms with Gasteiger partial charge in [-0.05, 0) is 42.8 Å². The van der Waals surface area contributed by atoms with Gasteiger partial charge in [-0.2, -0.15) is 0 Å². The maximum absolute atomic E-state index is 13.5. The Bertz CT molecular complexity index is 1150. The van der Waals surface area contributed by atoms with Crippen molar-refractivity contribution in [2.75, 3.05) is 6.61 Å². The topological polar surface area (TPSA) is 42.2 Å². The lowest BCUT2D eigenvalue weighted by molar-refractivity contribution is 0.104. The minimum absolute atomic E-state index is 0.0122. The number of aliphatic hydroxyl groups is 1. The van der Waals surface area contributed by atoms with Crippen LogP contribution in [0, 0.1) is 0 Å². The first-order chi connectivity index (χ1) is 13.7. The number of nitrogens with zero attached hydrogens (tertiary/aromatic N) is 1. The first-order valence-corrected chi connectivity index (χ1v) is 9.99. The number of ketones is 1. The SMILES string of the molecule is O=C(c1ccc(Cl)c2ccccc12)c1cn(CCCCCO)c2ccccc12. The van der Waals surface area contributed by atoms with Gasteiger partial charge in [-0.15, -0.1) is 0 Å². The molecule has 0 fully saturated rings. The van der Waals surface area contributed by atoms with Gasteiger partial charge in [-0.3, -0.25) is 4.79 Å². The van der Waals surface area contributed by atoms with E-state index >= 15 is 0 Å². The van der Waals surface area contributed by atoms with Crippen molar-refractivity contribution in [1.29, 1.82) is 0 Å². The molecule has 4 rings (SSSR count). The molecule has 0 aliphatic carbocycles. The molecule has 0 saturated heterocycles. The van der Waals surface area contributed by atoms with Gasteiger partial charge in [0.25, 0.3) is 0 Å². The average Bonchev–Trinajstić information content (AvgIpc) is 3.10. The number of para-hydroxylation sites is 1. The van der Waals surface area contributed by atoms with Crippen LogP contribution in [0.5, 0.6) is 0 Å². The Morgan fingerprint density at radius 1 is 0.821 bits per heavy atom. The molecule has 28 heavy (non-hydrogen) atoms. The molecule has 1 heterocycles. The van der Waals surface area contributed by atoms with E-state index in [0.717, 1.165) is 47.5 Å². The number of aryl methyl sites for hydroxylation is 1. The van der Waals surface area contributed by atoms with Crippen LogP contribution in [0.2, 0.25) is 5.02 Å². The van der Waals surface area contributed by atoms with E-state index in [0.29, 0.717) is 16.1 Å². The Kier molecular flexibility index (Phi) is 5.47. The van der Waals surface area contributed by atoms with Gasteiger partial charge in [0.15, 0.2) is 5.78 Å². The second kappa shape index (κ2) is 8.17. The van der Waals surface area contributed by atoms with Crippen molar-refractivity contribution in [1.82, 2.24) is 4.57 Å². The predicted molar refractivity (Wildman–Crippen MR) is 115 cm³/mol. The Labute approximate surface area is 169 Å². The van der Waals surface area contributed by atoms with Crippen molar-refractivity contribution in [2.24, 2.45) is 0 Å². The molecule has 1 N–H and O–H groups in total. The molecule has 3 nitrogen and oxygen atoms in total. The first-order valence-electron chi connectivity index (χ1n) is 9.61. The number of aromatic nitrogens is 1. The maximum Gasteiger partial charge on any atom is 0.195 e. The molecule has 0 saturated carbocycles. The van der Waals surface area contributed by atoms with Gasteiger partial charge in [-0.25, -0.2) is 0 Å². The zero-order chi connectivity index (χ0) is 19.5. The molecule has 1 aromatic heterocycles. The van der Waals surface area contributed by atoms with Crippen molar-refractivity contribution in [3.05, 3.63) is 83.0 Å². The van der Waals surface area contributed by atoms with E-state index in [1.54, 1.807) is 6.07 Å².